The summed E-state index contributed by atoms with van der Waals surface area (Å²) in [7, 11) is -7.54. The topological polar surface area (TPSA) is 162 Å². The number of amides is 1. The Labute approximate surface area is 254 Å². The fourth-order valence-corrected chi connectivity index (χ4v) is 6.35. The first-order chi connectivity index (χ1) is 20.8. The highest BCUT2D eigenvalue weighted by atomic mass is 32.2. The molecule has 0 aromatic heterocycles. The van der Waals surface area contributed by atoms with Crippen LogP contribution < -0.4 is 19.5 Å². The van der Waals surface area contributed by atoms with E-state index in [0.717, 1.165) is 0 Å². The number of sulfone groups is 1. The van der Waals surface area contributed by atoms with Gasteiger partial charge in [0.2, 0.25) is 5.91 Å². The van der Waals surface area contributed by atoms with Crippen LogP contribution in [0.5, 0.6) is 11.5 Å². The molecule has 0 aliphatic heterocycles. The summed E-state index contributed by atoms with van der Waals surface area (Å²) < 4.78 is 63.5. The lowest BCUT2D eigenvalue weighted by molar-refractivity contribution is -0.134. The van der Waals surface area contributed by atoms with E-state index in [1.807, 2.05) is 0 Å². The number of fused-ring (bicyclic) bond motifs is 1. The van der Waals surface area contributed by atoms with E-state index in [4.69, 9.17) is 9.47 Å². The van der Waals surface area contributed by atoms with Crippen LogP contribution >= 0.6 is 0 Å². The summed E-state index contributed by atoms with van der Waals surface area (Å²) in [6, 6.07) is 19.3. The molecule has 0 bridgehead atoms. The number of rotatable bonds is 10. The predicted molar refractivity (Wildman–Crippen MR) is 166 cm³/mol. The molecular weight excluding hydrogens is 608 g/mol. The van der Waals surface area contributed by atoms with Gasteiger partial charge in [-0.25, -0.2) is 16.8 Å². The number of anilines is 2. The number of sulfonamides is 1. The van der Waals surface area contributed by atoms with Gasteiger partial charge in [-0.2, -0.15) is 0 Å². The van der Waals surface area contributed by atoms with Crippen molar-refractivity contribution in [2.75, 3.05) is 15.8 Å². The average molecular weight is 637 g/mol. The largest absolute Gasteiger partial charge is 0.423 e. The Morgan fingerprint density at radius 3 is 2.07 bits per heavy atom. The van der Waals surface area contributed by atoms with Crippen molar-refractivity contribution in [3.8, 4) is 11.5 Å². The van der Waals surface area contributed by atoms with E-state index in [9.17, 15) is 31.2 Å². The molecule has 0 spiro atoms. The minimum Gasteiger partial charge on any atom is -0.423 e. The Bertz CT molecular complexity index is 2000. The summed E-state index contributed by atoms with van der Waals surface area (Å²) in [5.41, 5.74) is 1.02. The molecule has 11 nitrogen and oxygen atoms in total. The first-order valence-corrected chi connectivity index (χ1v) is 16.3. The van der Waals surface area contributed by atoms with Crippen molar-refractivity contribution in [1.29, 1.82) is 0 Å². The van der Waals surface area contributed by atoms with Gasteiger partial charge in [-0.05, 0) is 60.2 Å². The van der Waals surface area contributed by atoms with Gasteiger partial charge in [-0.15, -0.1) is 0 Å². The maximum Gasteiger partial charge on any atom is 0.308 e. The quantitative estimate of drug-likeness (QED) is 0.140. The van der Waals surface area contributed by atoms with Crippen molar-refractivity contribution < 1.29 is 40.7 Å². The van der Waals surface area contributed by atoms with E-state index < -0.39 is 37.7 Å². The van der Waals surface area contributed by atoms with Gasteiger partial charge in [0.25, 0.3) is 10.0 Å². The van der Waals surface area contributed by atoms with Gasteiger partial charge in [0.1, 0.15) is 0 Å². The van der Waals surface area contributed by atoms with Crippen LogP contribution in [0.25, 0.3) is 16.8 Å². The van der Waals surface area contributed by atoms with Crippen LogP contribution in [0.15, 0.2) is 94.7 Å². The first-order valence-electron chi connectivity index (χ1n) is 13.2. The SMILES string of the molecule is CCS(=O)(=O)c1ccc(NS(=O)(=O)c2cccc3c(NC(=O)/C=C/c4ccc(OC(C)=O)c(OC(C)=O)c4)cccc23)cc1. The van der Waals surface area contributed by atoms with Crippen molar-refractivity contribution in [2.45, 2.75) is 30.6 Å². The fraction of sp³-hybridized carbons (Fsp3) is 0.129. The van der Waals surface area contributed by atoms with E-state index in [1.165, 1.54) is 75.4 Å². The lowest BCUT2D eigenvalue weighted by Crippen LogP contribution is -2.14. The lowest BCUT2D eigenvalue weighted by atomic mass is 10.1. The Morgan fingerprint density at radius 2 is 1.41 bits per heavy atom. The first kappa shape index (κ1) is 31.9. The molecule has 4 aromatic carbocycles. The van der Waals surface area contributed by atoms with Crippen LogP contribution in [0, 0.1) is 0 Å². The van der Waals surface area contributed by atoms with Crippen LogP contribution in [0.4, 0.5) is 11.4 Å². The van der Waals surface area contributed by atoms with Crippen molar-refractivity contribution in [2.24, 2.45) is 0 Å². The molecule has 4 aromatic rings. The highest BCUT2D eigenvalue weighted by molar-refractivity contribution is 7.93. The lowest BCUT2D eigenvalue weighted by Gasteiger charge is -2.13. The number of hydrogen-bond acceptors (Lipinski definition) is 9. The van der Waals surface area contributed by atoms with E-state index >= 15 is 0 Å². The highest BCUT2D eigenvalue weighted by Gasteiger charge is 2.20. The van der Waals surface area contributed by atoms with Gasteiger partial charge in [-0.1, -0.05) is 37.3 Å². The van der Waals surface area contributed by atoms with E-state index in [0.29, 0.717) is 22.0 Å². The van der Waals surface area contributed by atoms with Crippen LogP contribution in [-0.4, -0.2) is 40.4 Å². The van der Waals surface area contributed by atoms with E-state index in [1.54, 1.807) is 36.4 Å². The summed E-state index contributed by atoms with van der Waals surface area (Å²) in [5.74, 6) is -1.76. The molecule has 0 aliphatic rings. The molecule has 13 heteroatoms. The van der Waals surface area contributed by atoms with Gasteiger partial charge < -0.3 is 14.8 Å². The summed E-state index contributed by atoms with van der Waals surface area (Å²) >= 11 is 0. The Kier molecular flexibility index (Phi) is 9.50. The van der Waals surface area contributed by atoms with Gasteiger partial charge in [0.15, 0.2) is 21.3 Å². The number of carbonyl (C=O) groups is 3. The second-order valence-electron chi connectivity index (χ2n) is 9.41. The molecule has 1 amide bonds. The summed E-state index contributed by atoms with van der Waals surface area (Å²) in [6.07, 6.45) is 2.70. The zero-order chi connectivity index (χ0) is 32.1. The number of nitrogens with one attached hydrogen (secondary N) is 2. The normalized spacial score (nSPS) is 11.7. The van der Waals surface area contributed by atoms with Crippen LogP contribution in [0.2, 0.25) is 0 Å². The Hall–Kier alpha value is -5.01. The second-order valence-corrected chi connectivity index (χ2v) is 13.3. The highest BCUT2D eigenvalue weighted by Crippen LogP contribution is 2.31. The third-order valence-electron chi connectivity index (χ3n) is 6.18. The number of hydrogen-bond donors (Lipinski definition) is 2. The van der Waals surface area contributed by atoms with Gasteiger partial charge >= 0.3 is 11.9 Å². The third kappa shape index (κ3) is 7.68. The molecule has 228 valence electrons. The van der Waals surface area contributed by atoms with Crippen molar-refractivity contribution in [1.82, 2.24) is 0 Å². The number of benzene rings is 4. The maximum atomic E-state index is 13.3. The van der Waals surface area contributed by atoms with Crippen LogP contribution in [0.3, 0.4) is 0 Å². The van der Waals surface area contributed by atoms with Crippen molar-refractivity contribution in [3.63, 3.8) is 0 Å². The standard InChI is InChI=1S/C31H28N2O9S2/c1-4-43(37,38)24-15-13-23(14-16-24)33-44(39,40)30-10-6-7-25-26(30)8-5-9-27(25)32-31(36)18-12-22-11-17-28(41-20(2)34)29(19-22)42-21(3)35/h5-19,33H,4H2,1-3H3,(H,32,36)/b18-12+. The molecule has 44 heavy (non-hydrogen) atoms. The molecular formula is C31H28N2O9S2. The fourth-order valence-electron chi connectivity index (χ4n) is 4.18. The molecule has 0 fully saturated rings. The smallest absolute Gasteiger partial charge is 0.308 e. The van der Waals surface area contributed by atoms with Crippen molar-refractivity contribution >= 4 is 65.9 Å². The van der Waals surface area contributed by atoms with Crippen molar-refractivity contribution in [3.05, 3.63) is 90.5 Å². The molecule has 0 aliphatic carbocycles. The minimum absolute atomic E-state index is 0.00796. The van der Waals surface area contributed by atoms with Gasteiger partial charge in [0.05, 0.1) is 15.5 Å². The zero-order valence-corrected chi connectivity index (χ0v) is 25.5. The molecule has 0 radical (unpaired) electrons. The van der Waals surface area contributed by atoms with Crippen LogP contribution in [-0.2, 0) is 34.2 Å². The molecule has 4 rings (SSSR count). The Morgan fingerprint density at radius 1 is 0.773 bits per heavy atom. The Balaban J connectivity index is 1.56. The third-order valence-corrected chi connectivity index (χ3v) is 9.37. The molecule has 0 saturated carbocycles. The zero-order valence-electron chi connectivity index (χ0n) is 23.9. The minimum atomic E-state index is -4.10. The molecule has 0 saturated heterocycles. The van der Waals surface area contributed by atoms with E-state index in [-0.39, 0.29) is 32.7 Å². The number of carbonyl (C=O) groups excluding carboxylic acids is 3. The monoisotopic (exact) mass is 636 g/mol. The maximum absolute atomic E-state index is 13.3. The van der Waals surface area contributed by atoms with E-state index in [2.05, 4.69) is 10.0 Å². The molecule has 0 heterocycles. The van der Waals surface area contributed by atoms with Gasteiger partial charge in [-0.3, -0.25) is 19.1 Å². The molecule has 2 N–H and O–H groups in total. The molecule has 0 atom stereocenters. The van der Waals surface area contributed by atoms with Crippen LogP contribution in [0.1, 0.15) is 26.3 Å². The summed E-state index contributed by atoms with van der Waals surface area (Å²) in [6.45, 7) is 3.93. The summed E-state index contributed by atoms with van der Waals surface area (Å²) in [5, 5.41) is 3.55. The average Bonchev–Trinajstić information content (AvgIpc) is 2.96. The predicted octanol–water partition coefficient (Wildman–Crippen LogP) is 4.94. The summed E-state index contributed by atoms with van der Waals surface area (Å²) in [4.78, 5) is 35.7. The molecule has 0 unspecified atom stereocenters. The van der Waals surface area contributed by atoms with Gasteiger partial charge in [0, 0.05) is 42.1 Å². The second kappa shape index (κ2) is 13.1. The number of esters is 2. The number of ether oxygens (including phenoxy) is 2.